The van der Waals surface area contributed by atoms with E-state index >= 15 is 0 Å². The first kappa shape index (κ1) is 8.88. The second-order valence-corrected chi connectivity index (χ2v) is 3.20. The molecule has 0 radical (unpaired) electrons. The summed E-state index contributed by atoms with van der Waals surface area (Å²) in [6, 6.07) is 9.14. The number of hydrogen-bond acceptors (Lipinski definition) is 2. The van der Waals surface area contributed by atoms with Crippen LogP contribution in [0.3, 0.4) is 0 Å². The predicted molar refractivity (Wildman–Crippen MR) is 57.4 cm³/mol. The average molecular weight is 185 g/mol. The molecule has 1 aromatic carbocycles. The van der Waals surface area contributed by atoms with Crippen LogP contribution in [0.1, 0.15) is 12.5 Å². The van der Waals surface area contributed by atoms with Crippen molar-refractivity contribution in [1.82, 2.24) is 4.98 Å². The summed E-state index contributed by atoms with van der Waals surface area (Å²) in [5, 5.41) is 1.02. The summed E-state index contributed by atoms with van der Waals surface area (Å²) in [6.45, 7) is 1.99. The Labute approximate surface area is 82.2 Å². The summed E-state index contributed by atoms with van der Waals surface area (Å²) in [4.78, 5) is 15.7. The fourth-order valence-electron chi connectivity index (χ4n) is 1.49. The number of rotatable bonds is 1. The molecule has 1 aromatic heterocycles. The Kier molecular flexibility index (Phi) is 2.27. The third kappa shape index (κ3) is 1.51. The van der Waals surface area contributed by atoms with Gasteiger partial charge < -0.3 is 0 Å². The molecule has 0 spiro atoms. The monoisotopic (exact) mass is 185 g/mol. The maximum atomic E-state index is 11.5. The van der Waals surface area contributed by atoms with Crippen molar-refractivity contribution in [3.8, 4) is 0 Å². The highest BCUT2D eigenvalue weighted by atomic mass is 16.1. The molecule has 2 heteroatoms. The van der Waals surface area contributed by atoms with Gasteiger partial charge in [0.15, 0.2) is 5.43 Å². The SMILES string of the molecule is CCc1cc2cccnc2ccc1=O. The molecule has 0 amide bonds. The van der Waals surface area contributed by atoms with Crippen LogP contribution in [0.25, 0.3) is 10.9 Å². The summed E-state index contributed by atoms with van der Waals surface area (Å²) in [7, 11) is 0. The van der Waals surface area contributed by atoms with Gasteiger partial charge in [-0.1, -0.05) is 13.0 Å². The smallest absolute Gasteiger partial charge is 0.181 e. The maximum Gasteiger partial charge on any atom is 0.181 e. The molecule has 0 saturated carbocycles. The van der Waals surface area contributed by atoms with Crippen LogP contribution in [0, 0.1) is 0 Å². The molecule has 0 aliphatic heterocycles. The van der Waals surface area contributed by atoms with Crippen LogP contribution in [0.2, 0.25) is 0 Å². The molecule has 70 valence electrons. The highest BCUT2D eigenvalue weighted by molar-refractivity contribution is 5.77. The number of nitrogens with zero attached hydrogens (tertiary/aromatic N) is 1. The van der Waals surface area contributed by atoms with E-state index in [-0.39, 0.29) is 5.43 Å². The van der Waals surface area contributed by atoms with E-state index in [1.54, 1.807) is 18.3 Å². The van der Waals surface area contributed by atoms with Gasteiger partial charge in [0.05, 0.1) is 5.52 Å². The van der Waals surface area contributed by atoms with Gasteiger partial charge in [-0.15, -0.1) is 0 Å². The second-order valence-electron chi connectivity index (χ2n) is 3.20. The molecule has 14 heavy (non-hydrogen) atoms. The lowest BCUT2D eigenvalue weighted by Crippen LogP contribution is -2.01. The van der Waals surface area contributed by atoms with Crippen molar-refractivity contribution in [2.24, 2.45) is 0 Å². The summed E-state index contributed by atoms with van der Waals surface area (Å²) >= 11 is 0. The van der Waals surface area contributed by atoms with Gasteiger partial charge in [-0.3, -0.25) is 9.78 Å². The largest absolute Gasteiger partial charge is 0.290 e. The Morgan fingerprint density at radius 1 is 1.29 bits per heavy atom. The van der Waals surface area contributed by atoms with E-state index in [0.29, 0.717) is 0 Å². The maximum absolute atomic E-state index is 11.5. The molecular formula is C12H11NO. The zero-order valence-electron chi connectivity index (χ0n) is 8.03. The van der Waals surface area contributed by atoms with Crippen LogP contribution in [0.4, 0.5) is 0 Å². The number of hydrogen-bond donors (Lipinski definition) is 0. The van der Waals surface area contributed by atoms with Gasteiger partial charge in [0, 0.05) is 11.6 Å². The molecule has 2 aromatic rings. The van der Waals surface area contributed by atoms with Gasteiger partial charge in [-0.25, -0.2) is 0 Å². The lowest BCUT2D eigenvalue weighted by atomic mass is 10.2. The molecular weight excluding hydrogens is 174 g/mol. The first-order chi connectivity index (χ1) is 6.81. The lowest BCUT2D eigenvalue weighted by molar-refractivity contribution is 1.13. The van der Waals surface area contributed by atoms with E-state index in [2.05, 4.69) is 4.98 Å². The fraction of sp³-hybridized carbons (Fsp3) is 0.167. The Hall–Kier alpha value is -1.70. The topological polar surface area (TPSA) is 30.0 Å². The molecule has 0 saturated heterocycles. The van der Waals surface area contributed by atoms with Gasteiger partial charge in [-0.2, -0.15) is 0 Å². The van der Waals surface area contributed by atoms with Crippen LogP contribution < -0.4 is 5.43 Å². The van der Waals surface area contributed by atoms with Crippen molar-refractivity contribution in [2.45, 2.75) is 13.3 Å². The van der Waals surface area contributed by atoms with Crippen molar-refractivity contribution < 1.29 is 0 Å². The van der Waals surface area contributed by atoms with Gasteiger partial charge in [0.1, 0.15) is 0 Å². The number of pyridine rings is 1. The number of aryl methyl sites for hydroxylation is 1. The van der Waals surface area contributed by atoms with Crippen molar-refractivity contribution in [2.75, 3.05) is 0 Å². The summed E-state index contributed by atoms with van der Waals surface area (Å²) < 4.78 is 0. The van der Waals surface area contributed by atoms with Crippen LogP contribution in [0.15, 0.2) is 41.3 Å². The molecule has 0 N–H and O–H groups in total. The van der Waals surface area contributed by atoms with Gasteiger partial charge in [0.25, 0.3) is 0 Å². The summed E-state index contributed by atoms with van der Waals surface area (Å²) in [5.74, 6) is 0. The lowest BCUT2D eigenvalue weighted by Gasteiger charge is -1.90. The van der Waals surface area contributed by atoms with Crippen LogP contribution >= 0.6 is 0 Å². The van der Waals surface area contributed by atoms with Crippen LogP contribution in [0.5, 0.6) is 0 Å². The van der Waals surface area contributed by atoms with Gasteiger partial charge in [0.2, 0.25) is 0 Å². The third-order valence-electron chi connectivity index (χ3n) is 2.29. The molecule has 2 nitrogen and oxygen atoms in total. The van der Waals surface area contributed by atoms with Crippen molar-refractivity contribution in [3.63, 3.8) is 0 Å². The molecule has 0 aliphatic carbocycles. The van der Waals surface area contributed by atoms with E-state index < -0.39 is 0 Å². The van der Waals surface area contributed by atoms with Crippen molar-refractivity contribution in [3.05, 3.63) is 52.3 Å². The van der Waals surface area contributed by atoms with E-state index in [1.807, 2.05) is 25.1 Å². The number of fused-ring (bicyclic) bond motifs is 1. The summed E-state index contributed by atoms with van der Waals surface area (Å²) in [6.07, 6.45) is 2.50. The van der Waals surface area contributed by atoms with E-state index in [0.717, 1.165) is 22.9 Å². The zero-order chi connectivity index (χ0) is 9.97. The molecule has 0 fully saturated rings. The minimum absolute atomic E-state index is 0.0884. The Bertz CT molecular complexity index is 520. The molecule has 0 atom stereocenters. The van der Waals surface area contributed by atoms with Crippen LogP contribution in [-0.4, -0.2) is 4.98 Å². The fourth-order valence-corrected chi connectivity index (χ4v) is 1.49. The quantitative estimate of drug-likeness (QED) is 0.681. The van der Waals surface area contributed by atoms with Crippen molar-refractivity contribution >= 4 is 10.9 Å². The number of aromatic nitrogens is 1. The van der Waals surface area contributed by atoms with Gasteiger partial charge in [-0.05, 0) is 36.2 Å². The minimum atomic E-state index is 0.0884. The molecule has 0 unspecified atom stereocenters. The van der Waals surface area contributed by atoms with Gasteiger partial charge >= 0.3 is 0 Å². The molecule has 0 aliphatic rings. The highest BCUT2D eigenvalue weighted by Crippen LogP contribution is 2.08. The normalized spacial score (nSPS) is 10.4. The second kappa shape index (κ2) is 3.58. The third-order valence-corrected chi connectivity index (χ3v) is 2.29. The highest BCUT2D eigenvalue weighted by Gasteiger charge is 1.96. The molecule has 2 rings (SSSR count). The standard InChI is InChI=1S/C12H11NO/c1-2-9-8-10-4-3-7-13-11(10)5-6-12(9)14/h3-8H,2H2,1H3. The first-order valence-corrected chi connectivity index (χ1v) is 4.69. The van der Waals surface area contributed by atoms with Crippen LogP contribution in [-0.2, 0) is 6.42 Å². The van der Waals surface area contributed by atoms with Crippen molar-refractivity contribution in [1.29, 1.82) is 0 Å². The zero-order valence-corrected chi connectivity index (χ0v) is 8.03. The van der Waals surface area contributed by atoms with E-state index in [1.165, 1.54) is 0 Å². The van der Waals surface area contributed by atoms with E-state index in [9.17, 15) is 4.79 Å². The Balaban J connectivity index is 2.88. The molecule has 1 heterocycles. The predicted octanol–water partition coefficient (Wildman–Crippen LogP) is 2.16. The first-order valence-electron chi connectivity index (χ1n) is 4.69. The Morgan fingerprint density at radius 3 is 2.93 bits per heavy atom. The Morgan fingerprint density at radius 2 is 2.14 bits per heavy atom. The average Bonchev–Trinajstić information content (AvgIpc) is 2.38. The van der Waals surface area contributed by atoms with E-state index in [4.69, 9.17) is 0 Å². The molecule has 0 bridgehead atoms. The summed E-state index contributed by atoms with van der Waals surface area (Å²) in [5.41, 5.74) is 1.79. The minimum Gasteiger partial charge on any atom is -0.290 e.